The molecule has 0 aliphatic carbocycles. The third-order valence-electron chi connectivity index (χ3n) is 3.33. The average Bonchev–Trinajstić information content (AvgIpc) is 2.41. The van der Waals surface area contributed by atoms with E-state index in [-0.39, 0.29) is 11.6 Å². The smallest absolute Gasteiger partial charge is 0.192 e. The quantitative estimate of drug-likeness (QED) is 0.770. The summed E-state index contributed by atoms with van der Waals surface area (Å²) in [4.78, 5) is 14.4. The van der Waals surface area contributed by atoms with E-state index in [1.165, 1.54) is 12.1 Å². The lowest BCUT2D eigenvalue weighted by Crippen LogP contribution is -2.45. The molecule has 1 fully saturated rings. The lowest BCUT2D eigenvalue weighted by atomic mass is 10.0. The van der Waals surface area contributed by atoms with Crippen LogP contribution in [0.15, 0.2) is 18.2 Å². The zero-order valence-electron chi connectivity index (χ0n) is 10.8. The molecule has 1 unspecified atom stereocenters. The number of aryl methyl sites for hydroxylation is 1. The molecule has 98 valence electrons. The molecule has 2 rings (SSSR count). The summed E-state index contributed by atoms with van der Waals surface area (Å²) in [5.74, 6) is -0.345. The Morgan fingerprint density at radius 3 is 3.00 bits per heavy atom. The number of likely N-dealkylation sites (N-methyl/N-ethyl adjacent to an activating group) is 1. The molecular weight excluding hydrogens is 233 g/mol. The van der Waals surface area contributed by atoms with E-state index in [4.69, 9.17) is 4.74 Å². The van der Waals surface area contributed by atoms with Gasteiger partial charge >= 0.3 is 0 Å². The Kier molecular flexibility index (Phi) is 4.09. The number of hydrogen-bond donors (Lipinski definition) is 0. The van der Waals surface area contributed by atoms with Crippen LogP contribution in [0, 0.1) is 12.7 Å². The first-order chi connectivity index (χ1) is 8.61. The first-order valence-electron chi connectivity index (χ1n) is 6.26. The van der Waals surface area contributed by atoms with E-state index in [0.29, 0.717) is 24.3 Å². The summed E-state index contributed by atoms with van der Waals surface area (Å²) in [6, 6.07) is 4.45. The van der Waals surface area contributed by atoms with Crippen molar-refractivity contribution in [3.63, 3.8) is 0 Å². The number of morpholine rings is 1. The number of carbonyl (C=O) groups is 1. The van der Waals surface area contributed by atoms with Crippen molar-refractivity contribution in [2.24, 2.45) is 0 Å². The zero-order chi connectivity index (χ0) is 13.1. The lowest BCUT2D eigenvalue weighted by molar-refractivity contribution is -0.0148. The van der Waals surface area contributed by atoms with Gasteiger partial charge in [0.15, 0.2) is 5.78 Å². The number of nitrogens with zero attached hydrogens (tertiary/aromatic N) is 1. The predicted molar refractivity (Wildman–Crippen MR) is 67.3 cm³/mol. The van der Waals surface area contributed by atoms with Gasteiger partial charge in [0, 0.05) is 18.7 Å². The summed E-state index contributed by atoms with van der Waals surface area (Å²) in [5.41, 5.74) is 1.01. The van der Waals surface area contributed by atoms with Crippen molar-refractivity contribution < 1.29 is 13.9 Å². The molecule has 0 amide bonds. The second-order valence-electron chi connectivity index (χ2n) is 4.58. The van der Waals surface area contributed by atoms with Crippen molar-refractivity contribution in [2.75, 3.05) is 26.2 Å². The van der Waals surface area contributed by atoms with Crippen molar-refractivity contribution in [2.45, 2.75) is 20.0 Å². The molecule has 1 atom stereocenters. The molecule has 1 aromatic rings. The normalized spacial score (nSPS) is 20.9. The van der Waals surface area contributed by atoms with Crippen molar-refractivity contribution in [1.29, 1.82) is 0 Å². The van der Waals surface area contributed by atoms with Crippen molar-refractivity contribution in [3.05, 3.63) is 35.1 Å². The minimum Gasteiger partial charge on any atom is -0.367 e. The Bertz CT molecular complexity index is 447. The van der Waals surface area contributed by atoms with Crippen LogP contribution in [0.1, 0.15) is 22.8 Å². The highest BCUT2D eigenvalue weighted by atomic mass is 19.1. The zero-order valence-corrected chi connectivity index (χ0v) is 10.8. The fourth-order valence-corrected chi connectivity index (χ4v) is 2.13. The van der Waals surface area contributed by atoms with E-state index in [0.717, 1.165) is 13.1 Å². The van der Waals surface area contributed by atoms with Crippen LogP contribution >= 0.6 is 0 Å². The summed E-state index contributed by atoms with van der Waals surface area (Å²) in [6.07, 6.45) is -0.427. The third kappa shape index (κ3) is 2.76. The van der Waals surface area contributed by atoms with E-state index in [1.807, 2.05) is 0 Å². The van der Waals surface area contributed by atoms with Gasteiger partial charge in [-0.05, 0) is 37.2 Å². The maximum atomic E-state index is 13.2. The Morgan fingerprint density at radius 2 is 2.33 bits per heavy atom. The lowest BCUT2D eigenvalue weighted by Gasteiger charge is -2.31. The summed E-state index contributed by atoms with van der Waals surface area (Å²) in [5, 5.41) is 0. The minimum atomic E-state index is -0.427. The fraction of sp³-hybridized carbons (Fsp3) is 0.500. The second kappa shape index (κ2) is 5.59. The number of benzene rings is 1. The van der Waals surface area contributed by atoms with Crippen LogP contribution in [0.4, 0.5) is 4.39 Å². The summed E-state index contributed by atoms with van der Waals surface area (Å²) >= 11 is 0. The standard InChI is InChI=1S/C14H18FNO2/c1-3-16-6-7-18-13(9-16)14(17)11-4-5-12(15)10(2)8-11/h4-5,8,13H,3,6-7,9H2,1-2H3. The molecule has 0 saturated carbocycles. The van der Waals surface area contributed by atoms with Crippen molar-refractivity contribution in [3.8, 4) is 0 Å². The molecule has 1 saturated heterocycles. The summed E-state index contributed by atoms with van der Waals surface area (Å²) < 4.78 is 18.7. The molecule has 3 nitrogen and oxygen atoms in total. The third-order valence-corrected chi connectivity index (χ3v) is 3.33. The molecular formula is C14H18FNO2. The molecule has 1 aliphatic rings. The fourth-order valence-electron chi connectivity index (χ4n) is 2.13. The van der Waals surface area contributed by atoms with Gasteiger partial charge in [-0.25, -0.2) is 4.39 Å². The number of carbonyl (C=O) groups excluding carboxylic acids is 1. The van der Waals surface area contributed by atoms with Crippen LogP contribution in [0.25, 0.3) is 0 Å². The molecule has 0 aromatic heterocycles. The first kappa shape index (κ1) is 13.2. The van der Waals surface area contributed by atoms with Crippen LogP contribution in [0.2, 0.25) is 0 Å². The molecule has 0 bridgehead atoms. The SMILES string of the molecule is CCN1CCOC(C(=O)c2ccc(F)c(C)c2)C1. The highest BCUT2D eigenvalue weighted by Gasteiger charge is 2.26. The van der Waals surface area contributed by atoms with Gasteiger partial charge in [0.05, 0.1) is 6.61 Å². The number of ketones is 1. The van der Waals surface area contributed by atoms with Gasteiger partial charge in [-0.15, -0.1) is 0 Å². The Morgan fingerprint density at radius 1 is 1.56 bits per heavy atom. The molecule has 0 N–H and O–H groups in total. The first-order valence-corrected chi connectivity index (χ1v) is 6.26. The molecule has 18 heavy (non-hydrogen) atoms. The molecule has 1 heterocycles. The summed E-state index contributed by atoms with van der Waals surface area (Å²) in [7, 11) is 0. The number of ether oxygens (including phenoxy) is 1. The molecule has 1 aliphatic heterocycles. The van der Waals surface area contributed by atoms with Gasteiger partial charge < -0.3 is 4.74 Å². The molecule has 1 aromatic carbocycles. The Hall–Kier alpha value is -1.26. The minimum absolute atomic E-state index is 0.0590. The van der Waals surface area contributed by atoms with Gasteiger partial charge in [0.2, 0.25) is 0 Å². The van der Waals surface area contributed by atoms with Crippen LogP contribution in [-0.4, -0.2) is 43.0 Å². The van der Waals surface area contributed by atoms with E-state index >= 15 is 0 Å². The number of hydrogen-bond acceptors (Lipinski definition) is 3. The van der Waals surface area contributed by atoms with Crippen LogP contribution in [0.3, 0.4) is 0 Å². The number of halogens is 1. The number of Topliss-reactive ketones (excluding diaryl/α,β-unsaturated/α-hetero) is 1. The maximum absolute atomic E-state index is 13.2. The number of rotatable bonds is 3. The van der Waals surface area contributed by atoms with E-state index in [2.05, 4.69) is 11.8 Å². The van der Waals surface area contributed by atoms with Gasteiger partial charge in [-0.3, -0.25) is 9.69 Å². The van der Waals surface area contributed by atoms with Gasteiger partial charge in [0.1, 0.15) is 11.9 Å². The maximum Gasteiger partial charge on any atom is 0.192 e. The second-order valence-corrected chi connectivity index (χ2v) is 4.58. The summed E-state index contributed by atoms with van der Waals surface area (Å²) in [6.45, 7) is 6.69. The van der Waals surface area contributed by atoms with E-state index in [9.17, 15) is 9.18 Å². The van der Waals surface area contributed by atoms with Crippen LogP contribution in [-0.2, 0) is 4.74 Å². The van der Waals surface area contributed by atoms with Crippen molar-refractivity contribution >= 4 is 5.78 Å². The van der Waals surface area contributed by atoms with E-state index < -0.39 is 6.10 Å². The van der Waals surface area contributed by atoms with Crippen LogP contribution in [0.5, 0.6) is 0 Å². The van der Waals surface area contributed by atoms with Crippen LogP contribution < -0.4 is 0 Å². The van der Waals surface area contributed by atoms with Crippen molar-refractivity contribution in [1.82, 2.24) is 4.90 Å². The van der Waals surface area contributed by atoms with Gasteiger partial charge in [0.25, 0.3) is 0 Å². The largest absolute Gasteiger partial charge is 0.367 e. The molecule has 4 heteroatoms. The topological polar surface area (TPSA) is 29.5 Å². The Labute approximate surface area is 107 Å². The highest BCUT2D eigenvalue weighted by molar-refractivity contribution is 5.99. The van der Waals surface area contributed by atoms with Gasteiger partial charge in [-0.2, -0.15) is 0 Å². The predicted octanol–water partition coefficient (Wildman–Crippen LogP) is 2.04. The highest BCUT2D eigenvalue weighted by Crippen LogP contribution is 2.15. The molecule has 0 spiro atoms. The van der Waals surface area contributed by atoms with E-state index in [1.54, 1.807) is 13.0 Å². The Balaban J connectivity index is 2.12. The average molecular weight is 251 g/mol. The van der Waals surface area contributed by atoms with Gasteiger partial charge in [-0.1, -0.05) is 6.92 Å². The molecule has 0 radical (unpaired) electrons. The monoisotopic (exact) mass is 251 g/mol.